The van der Waals surface area contributed by atoms with Crippen molar-refractivity contribution in [2.75, 3.05) is 34.4 Å². The molecule has 0 aliphatic heterocycles. The van der Waals surface area contributed by atoms with Gasteiger partial charge in [0, 0.05) is 44.8 Å². The lowest BCUT2D eigenvalue weighted by molar-refractivity contribution is -0.117. The lowest BCUT2D eigenvalue weighted by Gasteiger charge is -2.25. The van der Waals surface area contributed by atoms with E-state index in [4.69, 9.17) is 18.9 Å². The number of rotatable bonds is 10. The van der Waals surface area contributed by atoms with Gasteiger partial charge in [0.25, 0.3) is 0 Å². The first-order chi connectivity index (χ1) is 25.5. The number of allylic oxidation sites excluding steroid dienone is 4. The highest BCUT2D eigenvalue weighted by Gasteiger charge is 2.37. The lowest BCUT2D eigenvalue weighted by Crippen LogP contribution is -2.35. The summed E-state index contributed by atoms with van der Waals surface area (Å²) in [5, 5.41) is 2.73. The van der Waals surface area contributed by atoms with Crippen molar-refractivity contribution in [1.82, 2.24) is 10.2 Å². The van der Waals surface area contributed by atoms with Crippen molar-refractivity contribution in [1.29, 1.82) is 0 Å². The fraction of sp³-hybridized carbons (Fsp3) is 0.556. The van der Waals surface area contributed by atoms with Crippen LogP contribution in [-0.2, 0) is 28.5 Å². The second-order valence-electron chi connectivity index (χ2n) is 17.0. The third-order valence-electron chi connectivity index (χ3n) is 9.68. The van der Waals surface area contributed by atoms with Crippen LogP contribution in [0.3, 0.4) is 0 Å². The molecule has 55 heavy (non-hydrogen) atoms. The van der Waals surface area contributed by atoms with E-state index in [0.29, 0.717) is 49.9 Å². The summed E-state index contributed by atoms with van der Waals surface area (Å²) in [4.78, 5) is 51.8. The third-order valence-corrected chi connectivity index (χ3v) is 9.68. The molecule has 10 nitrogen and oxygen atoms in total. The molecule has 10 heteroatoms. The van der Waals surface area contributed by atoms with Crippen LogP contribution in [0, 0.1) is 53.4 Å². The highest BCUT2D eigenvalue weighted by molar-refractivity contribution is 6.26. The van der Waals surface area contributed by atoms with Crippen LogP contribution in [0.25, 0.3) is 11.1 Å². The van der Waals surface area contributed by atoms with Gasteiger partial charge in [-0.15, -0.1) is 0 Å². The average molecular weight is 761 g/mol. The number of methoxy groups -OCH3 is 2. The molecule has 2 aromatic carbocycles. The van der Waals surface area contributed by atoms with E-state index in [1.54, 1.807) is 21.3 Å². The third kappa shape index (κ3) is 11.9. The molecule has 0 saturated carbocycles. The standard InChI is InChI=1S/C23H33NO4.C22H31NO4/c1-14-11-15(2)19(16(3)12-14)20-18(27-8)13-17(21(20)25)9-10-24(7)22(26)28-23(4,5)6;1-13-10-14(2)18(15(3)11-13)19-17(26-7)12-16(20(19)24)8-9-23-21(25)27-22(4,5)6/h11-12,17H,9-10,13H2,1-8H3;10-11,16H,8-9,12H2,1-7H3,(H,23,25). The van der Waals surface area contributed by atoms with Gasteiger partial charge in [-0.3, -0.25) is 9.59 Å². The van der Waals surface area contributed by atoms with Crippen LogP contribution < -0.4 is 5.32 Å². The molecule has 0 fully saturated rings. The quantitative estimate of drug-likeness (QED) is 0.255. The van der Waals surface area contributed by atoms with Crippen LogP contribution in [0.15, 0.2) is 35.8 Å². The minimum atomic E-state index is -0.536. The number of amides is 2. The number of aryl methyl sites for hydroxylation is 6. The number of nitrogens with zero attached hydrogens (tertiary/aromatic N) is 1. The highest BCUT2D eigenvalue weighted by Crippen LogP contribution is 2.41. The summed E-state index contributed by atoms with van der Waals surface area (Å²) >= 11 is 0. The molecular weight excluding hydrogens is 697 g/mol. The maximum absolute atomic E-state index is 13.2. The van der Waals surface area contributed by atoms with E-state index in [1.165, 1.54) is 16.0 Å². The maximum atomic E-state index is 13.2. The van der Waals surface area contributed by atoms with Gasteiger partial charge < -0.3 is 29.2 Å². The molecule has 0 heterocycles. The Morgan fingerprint density at radius 2 is 1.05 bits per heavy atom. The Labute approximate surface area is 329 Å². The summed E-state index contributed by atoms with van der Waals surface area (Å²) in [6.45, 7) is 24.1. The largest absolute Gasteiger partial charge is 0.500 e. The van der Waals surface area contributed by atoms with Gasteiger partial charge in [0.1, 0.15) is 22.7 Å². The summed E-state index contributed by atoms with van der Waals surface area (Å²) in [7, 11) is 4.94. The lowest BCUT2D eigenvalue weighted by atomic mass is 9.90. The first-order valence-electron chi connectivity index (χ1n) is 19.2. The normalized spacial score (nSPS) is 17.2. The van der Waals surface area contributed by atoms with Gasteiger partial charge in [-0.25, -0.2) is 9.59 Å². The molecule has 0 bridgehead atoms. The second-order valence-corrected chi connectivity index (χ2v) is 17.0. The minimum absolute atomic E-state index is 0.0906. The Morgan fingerprint density at radius 1 is 0.673 bits per heavy atom. The van der Waals surface area contributed by atoms with Crippen molar-refractivity contribution in [2.45, 2.75) is 120 Å². The Morgan fingerprint density at radius 3 is 1.42 bits per heavy atom. The van der Waals surface area contributed by atoms with E-state index in [-0.39, 0.29) is 29.5 Å². The first kappa shape index (κ1) is 44.8. The molecular formula is C45H64N2O8. The number of carbonyl (C=O) groups is 4. The van der Waals surface area contributed by atoms with Gasteiger partial charge in [0.05, 0.1) is 25.4 Å². The number of ether oxygens (including phenoxy) is 4. The van der Waals surface area contributed by atoms with Crippen LogP contribution in [-0.4, -0.2) is 74.2 Å². The van der Waals surface area contributed by atoms with Crippen LogP contribution in [0.1, 0.15) is 112 Å². The monoisotopic (exact) mass is 760 g/mol. The Balaban J connectivity index is 0.000000296. The molecule has 0 radical (unpaired) electrons. The molecule has 2 aliphatic rings. The predicted octanol–water partition coefficient (Wildman–Crippen LogP) is 9.29. The van der Waals surface area contributed by atoms with Crippen molar-refractivity contribution in [3.63, 3.8) is 0 Å². The number of carbonyl (C=O) groups excluding carboxylic acids is 4. The average Bonchev–Trinajstić information content (AvgIpc) is 3.52. The highest BCUT2D eigenvalue weighted by atomic mass is 16.6. The SMILES string of the molecule is COC1=C(c2c(C)cc(C)cc2C)C(=O)C(CCN(C)C(=O)OC(C)(C)C)C1.COC1=C(c2c(C)cc(C)cc2C)C(=O)C(CCNC(=O)OC(C)(C)C)C1. The van der Waals surface area contributed by atoms with Crippen molar-refractivity contribution in [3.8, 4) is 0 Å². The molecule has 2 amide bonds. The fourth-order valence-corrected chi connectivity index (χ4v) is 7.47. The van der Waals surface area contributed by atoms with Gasteiger partial charge in [-0.2, -0.15) is 0 Å². The van der Waals surface area contributed by atoms with Crippen molar-refractivity contribution >= 4 is 34.9 Å². The van der Waals surface area contributed by atoms with Crippen molar-refractivity contribution in [3.05, 3.63) is 80.3 Å². The first-order valence-corrected chi connectivity index (χ1v) is 19.2. The van der Waals surface area contributed by atoms with Crippen LogP contribution in [0.4, 0.5) is 9.59 Å². The summed E-state index contributed by atoms with van der Waals surface area (Å²) < 4.78 is 21.8. The van der Waals surface area contributed by atoms with E-state index >= 15 is 0 Å². The molecule has 0 saturated heterocycles. The van der Waals surface area contributed by atoms with E-state index in [0.717, 1.165) is 44.9 Å². The summed E-state index contributed by atoms with van der Waals surface area (Å²) in [5.74, 6) is 1.29. The van der Waals surface area contributed by atoms with Gasteiger partial charge in [-0.05, 0) is 129 Å². The molecule has 0 aromatic heterocycles. The minimum Gasteiger partial charge on any atom is -0.500 e. The molecule has 4 rings (SSSR count). The van der Waals surface area contributed by atoms with E-state index < -0.39 is 17.3 Å². The Hall–Kier alpha value is -4.60. The van der Waals surface area contributed by atoms with E-state index in [1.807, 2.05) is 69.2 Å². The number of hydrogen-bond acceptors (Lipinski definition) is 8. The number of benzene rings is 2. The Kier molecular flexibility index (Phi) is 14.9. The van der Waals surface area contributed by atoms with Crippen molar-refractivity contribution in [2.24, 2.45) is 11.8 Å². The smallest absolute Gasteiger partial charge is 0.410 e. The van der Waals surface area contributed by atoms with Gasteiger partial charge >= 0.3 is 12.2 Å². The van der Waals surface area contributed by atoms with E-state index in [9.17, 15) is 19.2 Å². The maximum Gasteiger partial charge on any atom is 0.410 e. The van der Waals surface area contributed by atoms with Gasteiger partial charge in [0.15, 0.2) is 11.6 Å². The second kappa shape index (κ2) is 18.4. The van der Waals surface area contributed by atoms with E-state index in [2.05, 4.69) is 43.4 Å². The molecule has 302 valence electrons. The molecule has 2 aromatic rings. The molecule has 2 aliphatic carbocycles. The summed E-state index contributed by atoms with van der Waals surface area (Å²) in [6.07, 6.45) is 1.43. The van der Waals surface area contributed by atoms with Crippen molar-refractivity contribution < 1.29 is 38.1 Å². The molecule has 2 atom stereocenters. The van der Waals surface area contributed by atoms with Crippen LogP contribution >= 0.6 is 0 Å². The molecule has 0 spiro atoms. The zero-order valence-corrected chi connectivity index (χ0v) is 35.9. The predicted molar refractivity (Wildman–Crippen MR) is 218 cm³/mol. The molecule has 1 N–H and O–H groups in total. The van der Waals surface area contributed by atoms with Gasteiger partial charge in [-0.1, -0.05) is 35.4 Å². The zero-order chi connectivity index (χ0) is 41.6. The number of alkyl carbamates (subject to hydrolysis) is 1. The number of Topliss-reactive ketones (excluding diaryl/α,β-unsaturated/α-hetero) is 2. The molecule has 2 unspecified atom stereocenters. The summed E-state index contributed by atoms with van der Waals surface area (Å²) in [6, 6.07) is 8.37. The zero-order valence-electron chi connectivity index (χ0n) is 35.9. The fourth-order valence-electron chi connectivity index (χ4n) is 7.47. The van der Waals surface area contributed by atoms with Gasteiger partial charge in [0.2, 0.25) is 0 Å². The van der Waals surface area contributed by atoms with Crippen LogP contribution in [0.5, 0.6) is 0 Å². The topological polar surface area (TPSA) is 120 Å². The Bertz CT molecular complexity index is 1790. The van der Waals surface area contributed by atoms with Crippen LogP contribution in [0.2, 0.25) is 0 Å². The summed E-state index contributed by atoms with van der Waals surface area (Å²) in [5.41, 5.74) is 8.96. The number of nitrogens with one attached hydrogen (secondary N) is 1. The number of ketones is 2. The number of hydrogen-bond donors (Lipinski definition) is 1.